The highest BCUT2D eigenvalue weighted by molar-refractivity contribution is 5.44. The van der Waals surface area contributed by atoms with E-state index in [9.17, 15) is 15.3 Å². The van der Waals surface area contributed by atoms with Gasteiger partial charge in [-0.15, -0.1) is 0 Å². The van der Waals surface area contributed by atoms with Crippen molar-refractivity contribution in [3.05, 3.63) is 88.5 Å². The summed E-state index contributed by atoms with van der Waals surface area (Å²) >= 11 is 0. The normalized spacial score (nSPS) is 12.1. The van der Waals surface area contributed by atoms with Gasteiger partial charge in [0.05, 0.1) is 0 Å². The smallest absolute Gasteiger partial charge is 0.118 e. The monoisotopic (exact) mass is 362 g/mol. The molecule has 3 N–H and O–H groups in total. The predicted molar refractivity (Wildman–Crippen MR) is 109 cm³/mol. The number of hydrogen-bond donors (Lipinski definition) is 3. The third kappa shape index (κ3) is 4.25. The van der Waals surface area contributed by atoms with Crippen molar-refractivity contribution in [3.8, 4) is 17.2 Å². The Bertz CT molecular complexity index is 913. The lowest BCUT2D eigenvalue weighted by atomic mass is 9.84. The van der Waals surface area contributed by atoms with Crippen LogP contribution >= 0.6 is 0 Å². The third-order valence-corrected chi connectivity index (χ3v) is 5.15. The third-order valence-electron chi connectivity index (χ3n) is 5.15. The van der Waals surface area contributed by atoms with Gasteiger partial charge < -0.3 is 15.3 Å². The number of aromatic hydroxyl groups is 3. The van der Waals surface area contributed by atoms with Crippen LogP contribution in [0.2, 0.25) is 0 Å². The van der Waals surface area contributed by atoms with E-state index < -0.39 is 0 Å². The van der Waals surface area contributed by atoms with E-state index >= 15 is 0 Å². The molecule has 0 saturated heterocycles. The number of aryl methyl sites for hydroxylation is 2. The van der Waals surface area contributed by atoms with E-state index in [1.165, 1.54) is 0 Å². The van der Waals surface area contributed by atoms with Gasteiger partial charge in [-0.2, -0.15) is 0 Å². The summed E-state index contributed by atoms with van der Waals surface area (Å²) in [6, 6.07) is 18.9. The Hall–Kier alpha value is -2.94. The number of benzene rings is 3. The van der Waals surface area contributed by atoms with Crippen molar-refractivity contribution < 1.29 is 15.3 Å². The Balaban J connectivity index is 2.03. The van der Waals surface area contributed by atoms with E-state index in [0.717, 1.165) is 47.1 Å². The summed E-state index contributed by atoms with van der Waals surface area (Å²) in [5.41, 5.74) is 5.25. The van der Waals surface area contributed by atoms with Crippen molar-refractivity contribution in [2.75, 3.05) is 0 Å². The summed E-state index contributed by atoms with van der Waals surface area (Å²) in [4.78, 5) is 0. The van der Waals surface area contributed by atoms with E-state index in [4.69, 9.17) is 0 Å². The summed E-state index contributed by atoms with van der Waals surface area (Å²) in [6.45, 7) is 4.06. The van der Waals surface area contributed by atoms with Crippen LogP contribution in [0.25, 0.3) is 0 Å². The molecule has 1 unspecified atom stereocenters. The Morgan fingerprint density at radius 3 is 1.85 bits per heavy atom. The summed E-state index contributed by atoms with van der Waals surface area (Å²) in [5, 5.41) is 29.7. The van der Waals surface area contributed by atoms with Crippen LogP contribution < -0.4 is 0 Å². The van der Waals surface area contributed by atoms with Crippen molar-refractivity contribution in [2.45, 2.75) is 39.0 Å². The van der Waals surface area contributed by atoms with Crippen LogP contribution in [0.4, 0.5) is 0 Å². The van der Waals surface area contributed by atoms with E-state index in [1.807, 2.05) is 38.1 Å². The molecule has 0 saturated carbocycles. The molecule has 0 fully saturated rings. The van der Waals surface area contributed by atoms with E-state index in [0.29, 0.717) is 11.5 Å². The number of rotatable bonds is 6. The molecule has 3 nitrogen and oxygen atoms in total. The van der Waals surface area contributed by atoms with Crippen LogP contribution in [0.3, 0.4) is 0 Å². The van der Waals surface area contributed by atoms with Gasteiger partial charge in [-0.25, -0.2) is 0 Å². The van der Waals surface area contributed by atoms with Gasteiger partial charge in [0.15, 0.2) is 0 Å². The predicted octanol–water partition coefficient (Wildman–Crippen LogP) is 5.30. The van der Waals surface area contributed by atoms with Crippen LogP contribution in [0.15, 0.2) is 60.7 Å². The second-order valence-corrected chi connectivity index (χ2v) is 6.91. The highest BCUT2D eigenvalue weighted by Gasteiger charge is 2.17. The minimum absolute atomic E-state index is 0.0887. The molecule has 0 aliphatic heterocycles. The molecule has 0 spiro atoms. The van der Waals surface area contributed by atoms with E-state index in [-0.39, 0.29) is 11.7 Å². The molecule has 1 atom stereocenters. The zero-order valence-corrected chi connectivity index (χ0v) is 15.8. The van der Waals surface area contributed by atoms with Crippen molar-refractivity contribution in [2.24, 2.45) is 0 Å². The van der Waals surface area contributed by atoms with Gasteiger partial charge in [-0.05, 0) is 71.3 Å². The first-order chi connectivity index (χ1) is 13.0. The summed E-state index contributed by atoms with van der Waals surface area (Å²) in [6.07, 6.45) is 2.32. The van der Waals surface area contributed by atoms with Crippen molar-refractivity contribution in [3.63, 3.8) is 0 Å². The maximum Gasteiger partial charge on any atom is 0.118 e. The van der Waals surface area contributed by atoms with Crippen molar-refractivity contribution in [1.82, 2.24) is 0 Å². The number of phenolic OH excluding ortho intramolecular Hbond substituents is 3. The van der Waals surface area contributed by atoms with Gasteiger partial charge in [-0.1, -0.05) is 50.2 Å². The first kappa shape index (κ1) is 18.8. The highest BCUT2D eigenvalue weighted by atomic mass is 16.3. The Morgan fingerprint density at radius 1 is 0.667 bits per heavy atom. The second kappa shape index (κ2) is 8.17. The van der Waals surface area contributed by atoms with Gasteiger partial charge in [0.25, 0.3) is 0 Å². The average Bonchev–Trinajstić information content (AvgIpc) is 2.68. The SMILES string of the molecule is CCc1cc(CC(c2ccc(O)cc2)c2ccc(O)c(CC)c2)ccc1O. The molecule has 3 heteroatoms. The minimum atomic E-state index is 0.0887. The first-order valence-corrected chi connectivity index (χ1v) is 9.43. The Morgan fingerprint density at radius 2 is 1.22 bits per heavy atom. The molecular weight excluding hydrogens is 336 g/mol. The summed E-state index contributed by atoms with van der Waals surface area (Å²) in [5.74, 6) is 0.991. The molecule has 0 bridgehead atoms. The van der Waals surface area contributed by atoms with Crippen LogP contribution in [0, 0.1) is 0 Å². The van der Waals surface area contributed by atoms with Crippen LogP contribution in [0.5, 0.6) is 17.2 Å². The lowest BCUT2D eigenvalue weighted by Crippen LogP contribution is -2.06. The lowest BCUT2D eigenvalue weighted by molar-refractivity contribution is 0.467. The zero-order valence-electron chi connectivity index (χ0n) is 15.8. The molecule has 0 radical (unpaired) electrons. The Labute approximate surface area is 160 Å². The summed E-state index contributed by atoms with van der Waals surface area (Å²) < 4.78 is 0. The fourth-order valence-corrected chi connectivity index (χ4v) is 3.52. The van der Waals surface area contributed by atoms with E-state index in [2.05, 4.69) is 12.1 Å². The molecule has 0 aliphatic rings. The van der Waals surface area contributed by atoms with Gasteiger partial charge >= 0.3 is 0 Å². The molecule has 0 heterocycles. The van der Waals surface area contributed by atoms with Crippen molar-refractivity contribution in [1.29, 1.82) is 0 Å². The molecular formula is C24H26O3. The fourth-order valence-electron chi connectivity index (χ4n) is 3.52. The first-order valence-electron chi connectivity index (χ1n) is 9.43. The molecule has 140 valence electrons. The van der Waals surface area contributed by atoms with Crippen LogP contribution in [-0.4, -0.2) is 15.3 Å². The molecule has 3 rings (SSSR count). The molecule has 3 aromatic carbocycles. The van der Waals surface area contributed by atoms with Gasteiger partial charge in [0.1, 0.15) is 17.2 Å². The molecule has 0 aliphatic carbocycles. The van der Waals surface area contributed by atoms with Gasteiger partial charge in [-0.3, -0.25) is 0 Å². The summed E-state index contributed by atoms with van der Waals surface area (Å²) in [7, 11) is 0. The molecule has 27 heavy (non-hydrogen) atoms. The second-order valence-electron chi connectivity index (χ2n) is 6.91. The fraction of sp³-hybridized carbons (Fsp3) is 0.250. The van der Waals surface area contributed by atoms with Crippen LogP contribution in [-0.2, 0) is 19.3 Å². The molecule has 3 aromatic rings. The largest absolute Gasteiger partial charge is 0.508 e. The van der Waals surface area contributed by atoms with Gasteiger partial charge in [0.2, 0.25) is 0 Å². The van der Waals surface area contributed by atoms with E-state index in [1.54, 1.807) is 24.3 Å². The Kier molecular flexibility index (Phi) is 5.70. The standard InChI is InChI=1S/C24H26O3/c1-3-17-13-16(5-11-23(17)26)14-22(19-6-9-21(25)10-7-19)20-8-12-24(27)18(4-2)15-20/h5-13,15,22,25-27H,3-4,14H2,1-2H3. The number of phenols is 3. The minimum Gasteiger partial charge on any atom is -0.508 e. The highest BCUT2D eigenvalue weighted by Crippen LogP contribution is 2.33. The van der Waals surface area contributed by atoms with Gasteiger partial charge in [0, 0.05) is 5.92 Å². The van der Waals surface area contributed by atoms with Crippen LogP contribution in [0.1, 0.15) is 47.6 Å². The lowest BCUT2D eigenvalue weighted by Gasteiger charge is -2.20. The molecule has 0 aromatic heterocycles. The number of hydrogen-bond acceptors (Lipinski definition) is 3. The maximum absolute atomic E-state index is 10.1. The topological polar surface area (TPSA) is 60.7 Å². The maximum atomic E-state index is 10.1. The van der Waals surface area contributed by atoms with Crippen molar-refractivity contribution >= 4 is 0 Å². The zero-order chi connectivity index (χ0) is 19.4. The quantitative estimate of drug-likeness (QED) is 0.557. The average molecular weight is 362 g/mol. The molecule has 0 amide bonds.